The molecule has 27 heavy (non-hydrogen) atoms. The van der Waals surface area contributed by atoms with E-state index in [9.17, 15) is 9.59 Å². The summed E-state index contributed by atoms with van der Waals surface area (Å²) in [6.45, 7) is 1.40. The molecule has 0 atom stereocenters. The van der Waals surface area contributed by atoms with Crippen LogP contribution in [0.5, 0.6) is 0 Å². The third kappa shape index (κ3) is 12.7. The van der Waals surface area contributed by atoms with Crippen LogP contribution in [-0.2, 0) is 20.9 Å². The van der Waals surface area contributed by atoms with Gasteiger partial charge in [-0.3, -0.25) is 10.2 Å². The molecule has 0 aliphatic heterocycles. The van der Waals surface area contributed by atoms with Crippen molar-refractivity contribution in [1.29, 1.82) is 5.41 Å². The fraction of sp³-hybridized carbons (Fsp3) is 0.526. The molecular formula is C19H29N3O4S. The van der Waals surface area contributed by atoms with Crippen molar-refractivity contribution in [3.63, 3.8) is 0 Å². The number of carbonyl (C=O) groups excluding carboxylic acids is 2. The molecule has 150 valence electrons. The number of rotatable bonds is 12. The molecular weight excluding hydrogens is 366 g/mol. The highest BCUT2D eigenvalue weighted by Crippen LogP contribution is 2.03. The van der Waals surface area contributed by atoms with Crippen molar-refractivity contribution >= 4 is 29.8 Å². The van der Waals surface area contributed by atoms with Crippen molar-refractivity contribution < 1.29 is 19.1 Å². The molecule has 1 aromatic rings. The second kappa shape index (κ2) is 14.9. The minimum absolute atomic E-state index is 0.0903. The zero-order chi connectivity index (χ0) is 19.7. The first-order valence-corrected chi connectivity index (χ1v) is 10.5. The third-order valence-corrected chi connectivity index (χ3v) is 4.17. The summed E-state index contributed by atoms with van der Waals surface area (Å²) < 4.78 is 9.68. The highest BCUT2D eigenvalue weighted by atomic mass is 32.2. The van der Waals surface area contributed by atoms with E-state index in [1.54, 1.807) is 0 Å². The van der Waals surface area contributed by atoms with Crippen LogP contribution in [0, 0.1) is 5.41 Å². The molecule has 0 saturated carbocycles. The van der Waals surface area contributed by atoms with Crippen LogP contribution in [0.15, 0.2) is 30.3 Å². The van der Waals surface area contributed by atoms with Gasteiger partial charge in [-0.15, -0.1) is 0 Å². The number of unbranched alkanes of at least 4 members (excludes halogenated alkanes) is 4. The highest BCUT2D eigenvalue weighted by molar-refractivity contribution is 7.99. The Morgan fingerprint density at radius 1 is 1.00 bits per heavy atom. The molecule has 0 aliphatic carbocycles. The van der Waals surface area contributed by atoms with E-state index < -0.39 is 6.16 Å². The van der Waals surface area contributed by atoms with Gasteiger partial charge in [0.15, 0.2) is 0 Å². The Labute approximate surface area is 165 Å². The number of hydrogen-bond donors (Lipinski definition) is 3. The van der Waals surface area contributed by atoms with Crippen LogP contribution in [0.2, 0.25) is 0 Å². The van der Waals surface area contributed by atoms with Crippen LogP contribution >= 0.6 is 11.8 Å². The predicted molar refractivity (Wildman–Crippen MR) is 108 cm³/mol. The molecule has 0 aliphatic rings. The van der Waals surface area contributed by atoms with E-state index in [-0.39, 0.29) is 18.5 Å². The quantitative estimate of drug-likeness (QED) is 0.217. The average molecular weight is 396 g/mol. The van der Waals surface area contributed by atoms with Crippen LogP contribution < -0.4 is 10.6 Å². The molecule has 0 bridgehead atoms. The molecule has 0 spiro atoms. The maximum atomic E-state index is 11.5. The molecule has 7 nitrogen and oxygen atoms in total. The Balaban J connectivity index is 1.93. The lowest BCUT2D eigenvalue weighted by atomic mass is 10.1. The van der Waals surface area contributed by atoms with Gasteiger partial charge >= 0.3 is 6.16 Å². The zero-order valence-corrected chi connectivity index (χ0v) is 16.6. The van der Waals surface area contributed by atoms with Gasteiger partial charge in [0.1, 0.15) is 6.61 Å². The lowest BCUT2D eigenvalue weighted by Crippen LogP contribution is -2.28. The Morgan fingerprint density at radius 3 is 2.30 bits per heavy atom. The molecule has 0 radical (unpaired) electrons. The molecule has 8 heteroatoms. The van der Waals surface area contributed by atoms with E-state index in [1.807, 2.05) is 36.6 Å². The number of nitrogens with one attached hydrogen (secondary N) is 3. The van der Waals surface area contributed by atoms with Gasteiger partial charge in [-0.05, 0) is 24.7 Å². The summed E-state index contributed by atoms with van der Waals surface area (Å²) in [7, 11) is 0. The van der Waals surface area contributed by atoms with Crippen molar-refractivity contribution in [2.75, 3.05) is 25.1 Å². The van der Waals surface area contributed by atoms with Gasteiger partial charge in [0.25, 0.3) is 6.02 Å². The molecule has 0 aromatic heterocycles. The smallest absolute Gasteiger partial charge is 0.429 e. The van der Waals surface area contributed by atoms with Crippen LogP contribution in [0.4, 0.5) is 4.79 Å². The van der Waals surface area contributed by atoms with Crippen LogP contribution in [0.25, 0.3) is 0 Å². The van der Waals surface area contributed by atoms with Gasteiger partial charge in [-0.1, -0.05) is 49.6 Å². The Bertz CT molecular complexity index is 569. The van der Waals surface area contributed by atoms with Crippen molar-refractivity contribution in [2.24, 2.45) is 0 Å². The third-order valence-electron chi connectivity index (χ3n) is 3.62. The summed E-state index contributed by atoms with van der Waals surface area (Å²) in [4.78, 5) is 22.8. The van der Waals surface area contributed by atoms with Crippen molar-refractivity contribution in [3.8, 4) is 0 Å². The number of ether oxygens (including phenoxy) is 2. The summed E-state index contributed by atoms with van der Waals surface area (Å²) in [6.07, 6.45) is 6.00. The molecule has 0 heterocycles. The maximum Gasteiger partial charge on any atom is 0.516 e. The molecule has 0 fully saturated rings. The molecule has 1 rings (SSSR count). The summed E-state index contributed by atoms with van der Waals surface area (Å²) in [5.74, 6) is 0.604. The Morgan fingerprint density at radius 2 is 1.63 bits per heavy atom. The van der Waals surface area contributed by atoms with Gasteiger partial charge in [-0.25, -0.2) is 4.79 Å². The molecule has 1 aromatic carbocycles. The first kappa shape index (κ1) is 22.8. The Hall–Kier alpha value is -2.22. The molecule has 1 amide bonds. The minimum Gasteiger partial charge on any atom is -0.429 e. The first-order chi connectivity index (χ1) is 13.1. The maximum absolute atomic E-state index is 11.5. The monoisotopic (exact) mass is 395 g/mol. The zero-order valence-electron chi connectivity index (χ0n) is 15.8. The molecule has 3 N–H and O–H groups in total. The second-order valence-corrected chi connectivity index (χ2v) is 6.80. The van der Waals surface area contributed by atoms with E-state index in [0.29, 0.717) is 12.3 Å². The summed E-state index contributed by atoms with van der Waals surface area (Å²) in [5, 5.41) is 13.2. The van der Waals surface area contributed by atoms with E-state index in [4.69, 9.17) is 14.9 Å². The second-order valence-electron chi connectivity index (χ2n) is 5.93. The lowest BCUT2D eigenvalue weighted by molar-refractivity contribution is -0.118. The van der Waals surface area contributed by atoms with Gasteiger partial charge < -0.3 is 20.1 Å². The summed E-state index contributed by atoms with van der Waals surface area (Å²) >= 11 is 1.52. The van der Waals surface area contributed by atoms with Crippen LogP contribution in [0.1, 0.15) is 37.7 Å². The first-order valence-electron chi connectivity index (χ1n) is 9.08. The average Bonchev–Trinajstić information content (AvgIpc) is 2.66. The van der Waals surface area contributed by atoms with Crippen molar-refractivity contribution in [2.45, 2.75) is 38.7 Å². The standard InChI is InChI=1S/C19H29N3O4S/c1-27-15-17(23)21-12-8-3-2-4-9-13-22-18(20)26-19(24)25-14-16-10-6-5-7-11-16/h5-7,10-11H,2-4,8-9,12-15H2,1H3,(H2,20,22)(H,21,23). The largest absolute Gasteiger partial charge is 0.516 e. The van der Waals surface area contributed by atoms with Crippen LogP contribution in [0.3, 0.4) is 0 Å². The topological polar surface area (TPSA) is 101 Å². The van der Waals surface area contributed by atoms with E-state index >= 15 is 0 Å². The normalized spacial score (nSPS) is 10.1. The SMILES string of the molecule is CSCC(=O)NCCCCCCCNC(=N)OC(=O)OCc1ccccc1. The summed E-state index contributed by atoms with van der Waals surface area (Å²) in [6, 6.07) is 8.98. The predicted octanol–water partition coefficient (Wildman–Crippen LogP) is 3.29. The number of carbonyl (C=O) groups is 2. The lowest BCUT2D eigenvalue weighted by Gasteiger charge is -2.09. The number of amidine groups is 1. The molecule has 0 saturated heterocycles. The number of hydrogen-bond acceptors (Lipinski definition) is 6. The van der Waals surface area contributed by atoms with E-state index in [1.165, 1.54) is 11.8 Å². The van der Waals surface area contributed by atoms with Gasteiger partial charge in [0.2, 0.25) is 5.91 Å². The number of thioether (sulfide) groups is 1. The number of benzene rings is 1. The van der Waals surface area contributed by atoms with Crippen molar-refractivity contribution in [3.05, 3.63) is 35.9 Å². The van der Waals surface area contributed by atoms with Crippen LogP contribution in [-0.4, -0.2) is 43.2 Å². The summed E-state index contributed by atoms with van der Waals surface area (Å²) in [5.41, 5.74) is 0.859. The molecule has 0 unspecified atom stereocenters. The van der Waals surface area contributed by atoms with E-state index in [2.05, 4.69) is 10.6 Å². The van der Waals surface area contributed by atoms with Gasteiger partial charge in [0, 0.05) is 13.1 Å². The van der Waals surface area contributed by atoms with Gasteiger partial charge in [-0.2, -0.15) is 11.8 Å². The minimum atomic E-state index is -0.889. The van der Waals surface area contributed by atoms with E-state index in [0.717, 1.165) is 44.2 Å². The Kier molecular flexibility index (Phi) is 12.6. The number of amides is 1. The van der Waals surface area contributed by atoms with Gasteiger partial charge in [0.05, 0.1) is 5.75 Å². The van der Waals surface area contributed by atoms with Crippen molar-refractivity contribution in [1.82, 2.24) is 10.6 Å². The fourth-order valence-corrected chi connectivity index (χ4v) is 2.62. The highest BCUT2D eigenvalue weighted by Gasteiger charge is 2.08. The fourth-order valence-electron chi connectivity index (χ4n) is 2.26.